The number of hydrogen-bond acceptors (Lipinski definition) is 4. The number of hydrogen-bond donors (Lipinski definition) is 2. The van der Waals surface area contributed by atoms with Crippen LogP contribution in [0.1, 0.15) is 44.6 Å². The minimum absolute atomic E-state index is 0.0724. The molecule has 0 unspecified atom stereocenters. The summed E-state index contributed by atoms with van der Waals surface area (Å²) in [6.07, 6.45) is 1.12. The summed E-state index contributed by atoms with van der Waals surface area (Å²) in [4.78, 5) is 35.9. The van der Waals surface area contributed by atoms with E-state index < -0.39 is 24.9 Å². The van der Waals surface area contributed by atoms with Gasteiger partial charge in [-0.1, -0.05) is 0 Å². The molecule has 3 aromatic rings. The molecule has 4 rings (SSSR count). The fraction of sp³-hybridized carbons (Fsp3) is 0.474. The second-order valence-corrected chi connectivity index (χ2v) is 7.39. The molecule has 1 fully saturated rings. The zero-order valence-electron chi connectivity index (χ0n) is 15.5. The van der Waals surface area contributed by atoms with Crippen LogP contribution in [0.15, 0.2) is 29.5 Å². The van der Waals surface area contributed by atoms with Crippen molar-refractivity contribution in [2.24, 2.45) is 0 Å². The fourth-order valence-corrected chi connectivity index (χ4v) is 4.02. The van der Waals surface area contributed by atoms with Gasteiger partial charge in [-0.3, -0.25) is 9.59 Å². The highest BCUT2D eigenvalue weighted by atomic mass is 19.4. The van der Waals surface area contributed by atoms with Gasteiger partial charge in [0.2, 0.25) is 5.91 Å². The minimum Gasteiger partial charge on any atom is -0.353 e. The van der Waals surface area contributed by atoms with Gasteiger partial charge < -0.3 is 14.9 Å². The van der Waals surface area contributed by atoms with E-state index in [1.807, 2.05) is 6.07 Å². The van der Waals surface area contributed by atoms with Crippen LogP contribution >= 0.6 is 0 Å². The third-order valence-corrected chi connectivity index (χ3v) is 5.39. The van der Waals surface area contributed by atoms with E-state index in [-0.39, 0.29) is 17.6 Å². The molecule has 0 aromatic carbocycles. The van der Waals surface area contributed by atoms with Gasteiger partial charge in [-0.05, 0) is 31.7 Å². The maximum absolute atomic E-state index is 12.6. The normalized spacial score (nSPS) is 20.2. The first kappa shape index (κ1) is 19.4. The van der Waals surface area contributed by atoms with Gasteiger partial charge in [-0.15, -0.1) is 0 Å². The molecule has 0 bridgehead atoms. The van der Waals surface area contributed by atoms with Gasteiger partial charge in [0.05, 0.1) is 24.3 Å². The lowest BCUT2D eigenvalue weighted by Crippen LogP contribution is -2.39. The topological polar surface area (TPSA) is 92.7 Å². The molecule has 7 nitrogen and oxygen atoms in total. The zero-order chi connectivity index (χ0) is 20.6. The molecule has 1 amide bonds. The third-order valence-electron chi connectivity index (χ3n) is 5.39. The lowest BCUT2D eigenvalue weighted by Gasteiger charge is -2.31. The van der Waals surface area contributed by atoms with Crippen LogP contribution in [-0.2, 0) is 4.79 Å². The Morgan fingerprint density at radius 1 is 1.21 bits per heavy atom. The molecular formula is C19H20F3N5O2. The van der Waals surface area contributed by atoms with Crippen molar-refractivity contribution in [1.29, 1.82) is 0 Å². The molecule has 154 valence electrons. The van der Waals surface area contributed by atoms with Crippen molar-refractivity contribution in [1.82, 2.24) is 24.8 Å². The zero-order valence-corrected chi connectivity index (χ0v) is 15.5. The highest BCUT2D eigenvalue weighted by Crippen LogP contribution is 2.31. The van der Waals surface area contributed by atoms with E-state index in [9.17, 15) is 22.8 Å². The molecule has 3 aromatic heterocycles. The SMILES string of the molecule is O=C(CCC(F)(F)F)N[C@H]1CC[C@H](n2c(=O)cnc3cnc4[nH]ccc4c32)CC1. The van der Waals surface area contributed by atoms with E-state index in [4.69, 9.17) is 0 Å². The Bertz CT molecular complexity index is 1100. The van der Waals surface area contributed by atoms with Crippen LogP contribution in [0.3, 0.4) is 0 Å². The summed E-state index contributed by atoms with van der Waals surface area (Å²) in [5, 5.41) is 3.50. The highest BCUT2D eigenvalue weighted by Gasteiger charge is 2.30. The number of nitrogens with zero attached hydrogens (tertiary/aromatic N) is 3. The standard InChI is InChI=1S/C19H20F3N5O2/c20-19(21,22)7-5-15(28)26-11-1-3-12(4-2-11)27-16(29)10-24-14-9-25-18-13(17(14)27)6-8-23-18/h6,8-12H,1-5,7H2,(H,23,25)(H,26,28)/t11-,12-. The average Bonchev–Trinajstić information content (AvgIpc) is 3.16. The first-order valence-corrected chi connectivity index (χ1v) is 9.51. The van der Waals surface area contributed by atoms with Gasteiger partial charge in [0.25, 0.3) is 5.56 Å². The number of pyridine rings is 1. The molecule has 0 saturated heterocycles. The number of carbonyl (C=O) groups is 1. The summed E-state index contributed by atoms with van der Waals surface area (Å²) in [5.74, 6) is -0.586. The Kier molecular flexibility index (Phi) is 5.01. The van der Waals surface area contributed by atoms with Crippen molar-refractivity contribution in [3.63, 3.8) is 0 Å². The van der Waals surface area contributed by atoms with E-state index in [1.54, 1.807) is 17.0 Å². The molecule has 2 N–H and O–H groups in total. The van der Waals surface area contributed by atoms with E-state index in [0.29, 0.717) is 36.8 Å². The predicted octanol–water partition coefficient (Wildman–Crippen LogP) is 3.22. The molecule has 29 heavy (non-hydrogen) atoms. The maximum Gasteiger partial charge on any atom is 0.389 e. The van der Waals surface area contributed by atoms with Crippen molar-refractivity contribution in [2.45, 2.75) is 56.8 Å². The Labute approximate surface area is 163 Å². The van der Waals surface area contributed by atoms with Crippen LogP contribution in [0.5, 0.6) is 0 Å². The molecule has 3 heterocycles. The number of halogens is 3. The minimum atomic E-state index is -4.34. The number of fused-ring (bicyclic) bond motifs is 3. The summed E-state index contributed by atoms with van der Waals surface area (Å²) in [5.41, 5.74) is 1.81. The van der Waals surface area contributed by atoms with Crippen LogP contribution in [0, 0.1) is 0 Å². The molecule has 0 atom stereocenters. The lowest BCUT2D eigenvalue weighted by molar-refractivity contribution is -0.144. The van der Waals surface area contributed by atoms with Crippen LogP contribution in [0.2, 0.25) is 0 Å². The van der Waals surface area contributed by atoms with E-state index in [0.717, 1.165) is 10.9 Å². The summed E-state index contributed by atoms with van der Waals surface area (Å²) in [6.45, 7) is 0. The van der Waals surface area contributed by atoms with Gasteiger partial charge in [0.1, 0.15) is 11.2 Å². The molecule has 1 aliphatic rings. The van der Waals surface area contributed by atoms with Crippen molar-refractivity contribution in [3.05, 3.63) is 35.0 Å². The quantitative estimate of drug-likeness (QED) is 0.695. The monoisotopic (exact) mass is 407 g/mol. The van der Waals surface area contributed by atoms with Crippen molar-refractivity contribution >= 4 is 28.0 Å². The molecule has 0 radical (unpaired) electrons. The number of aromatic nitrogens is 4. The summed E-state index contributed by atoms with van der Waals surface area (Å²) in [7, 11) is 0. The molecule has 10 heteroatoms. The van der Waals surface area contributed by atoms with Crippen LogP contribution in [0.4, 0.5) is 13.2 Å². The van der Waals surface area contributed by atoms with Gasteiger partial charge >= 0.3 is 6.18 Å². The first-order valence-electron chi connectivity index (χ1n) is 9.51. The Morgan fingerprint density at radius 3 is 2.69 bits per heavy atom. The van der Waals surface area contributed by atoms with E-state index in [2.05, 4.69) is 20.3 Å². The Hall–Kier alpha value is -2.91. The van der Waals surface area contributed by atoms with E-state index >= 15 is 0 Å². The molecule has 1 aliphatic carbocycles. The molecule has 1 saturated carbocycles. The second kappa shape index (κ2) is 7.49. The van der Waals surface area contributed by atoms with Gasteiger partial charge in [-0.2, -0.15) is 13.2 Å². The maximum atomic E-state index is 12.6. The lowest BCUT2D eigenvalue weighted by atomic mass is 9.90. The van der Waals surface area contributed by atoms with Crippen molar-refractivity contribution in [3.8, 4) is 0 Å². The van der Waals surface area contributed by atoms with Crippen LogP contribution in [-0.4, -0.2) is 37.6 Å². The molecule has 0 aliphatic heterocycles. The van der Waals surface area contributed by atoms with Crippen LogP contribution < -0.4 is 10.9 Å². The van der Waals surface area contributed by atoms with Crippen LogP contribution in [0.25, 0.3) is 22.1 Å². The Balaban J connectivity index is 1.50. The number of carbonyl (C=O) groups excluding carboxylic acids is 1. The number of amides is 1. The molecule has 0 spiro atoms. The number of alkyl halides is 3. The number of aromatic amines is 1. The van der Waals surface area contributed by atoms with Gasteiger partial charge in [0.15, 0.2) is 0 Å². The third kappa shape index (κ3) is 4.10. The summed E-state index contributed by atoms with van der Waals surface area (Å²) < 4.78 is 38.5. The predicted molar refractivity (Wildman–Crippen MR) is 100 cm³/mol. The first-order chi connectivity index (χ1) is 13.8. The number of H-pyrrole nitrogens is 1. The summed E-state index contributed by atoms with van der Waals surface area (Å²) in [6, 6.07) is 1.61. The summed E-state index contributed by atoms with van der Waals surface area (Å²) >= 11 is 0. The van der Waals surface area contributed by atoms with Gasteiger partial charge in [-0.25, -0.2) is 9.97 Å². The number of nitrogens with one attached hydrogen (secondary N) is 2. The largest absolute Gasteiger partial charge is 0.389 e. The Morgan fingerprint density at radius 2 is 1.97 bits per heavy atom. The molecular weight excluding hydrogens is 387 g/mol. The van der Waals surface area contributed by atoms with Crippen molar-refractivity contribution < 1.29 is 18.0 Å². The smallest absolute Gasteiger partial charge is 0.353 e. The average molecular weight is 407 g/mol. The van der Waals surface area contributed by atoms with Gasteiger partial charge in [0, 0.05) is 30.1 Å². The highest BCUT2D eigenvalue weighted by molar-refractivity contribution is 6.00. The van der Waals surface area contributed by atoms with Crippen molar-refractivity contribution in [2.75, 3.05) is 0 Å². The fourth-order valence-electron chi connectivity index (χ4n) is 4.02. The second-order valence-electron chi connectivity index (χ2n) is 7.39. The van der Waals surface area contributed by atoms with E-state index in [1.165, 1.54) is 6.20 Å². The number of rotatable bonds is 4.